The zero-order chi connectivity index (χ0) is 17.8. The molecule has 134 valence electrons. The normalized spacial score (nSPS) is 45.6. The average Bonchev–Trinajstić information content (AvgIpc) is 2.90. The maximum atomic E-state index is 12.6. The number of hydrogen-bond donors (Lipinski definition) is 1. The van der Waals surface area contributed by atoms with Gasteiger partial charge < -0.3 is 5.73 Å². The number of halogens is 1. The number of fused-ring (bicyclic) bond motifs is 5. The van der Waals surface area contributed by atoms with Gasteiger partial charge in [0.1, 0.15) is 5.78 Å². The lowest BCUT2D eigenvalue weighted by molar-refractivity contribution is -0.133. The van der Waals surface area contributed by atoms with E-state index in [0.717, 1.165) is 50.5 Å². The SMILES string of the molecule is C[C@]12CC[C@H]3[C@@H](C[C@H](N)C4=CC(=O)CC[C@@]43CC#CI)[C@@H]1CCC2=O. The second kappa shape index (κ2) is 6.20. The van der Waals surface area contributed by atoms with E-state index < -0.39 is 0 Å². The summed E-state index contributed by atoms with van der Waals surface area (Å²) in [6.45, 7) is 2.20. The largest absolute Gasteiger partial charge is 0.324 e. The van der Waals surface area contributed by atoms with E-state index in [1.54, 1.807) is 0 Å². The molecular weight excluding hydrogens is 425 g/mol. The van der Waals surface area contributed by atoms with E-state index in [9.17, 15) is 9.59 Å². The highest BCUT2D eigenvalue weighted by Crippen LogP contribution is 2.65. The molecule has 0 unspecified atom stereocenters. The predicted octanol–water partition coefficient (Wildman–Crippen LogP) is 3.79. The third-order valence-electron chi connectivity index (χ3n) is 7.96. The molecule has 0 aromatic heterocycles. The Morgan fingerprint density at radius 3 is 2.80 bits per heavy atom. The van der Waals surface area contributed by atoms with Crippen LogP contribution in [-0.2, 0) is 9.59 Å². The van der Waals surface area contributed by atoms with Crippen molar-refractivity contribution in [2.45, 2.75) is 64.3 Å². The molecule has 4 aliphatic rings. The van der Waals surface area contributed by atoms with Crippen molar-refractivity contribution >= 4 is 34.2 Å². The van der Waals surface area contributed by atoms with Gasteiger partial charge >= 0.3 is 0 Å². The number of rotatable bonds is 1. The van der Waals surface area contributed by atoms with Gasteiger partial charge in [-0.05, 0) is 65.4 Å². The van der Waals surface area contributed by atoms with E-state index in [1.165, 1.54) is 0 Å². The fourth-order valence-electron chi connectivity index (χ4n) is 6.76. The third-order valence-corrected chi connectivity index (χ3v) is 8.34. The van der Waals surface area contributed by atoms with E-state index in [2.05, 4.69) is 39.4 Å². The molecule has 0 bridgehead atoms. The summed E-state index contributed by atoms with van der Waals surface area (Å²) in [4.78, 5) is 24.7. The average molecular weight is 451 g/mol. The van der Waals surface area contributed by atoms with Crippen LogP contribution in [-0.4, -0.2) is 17.6 Å². The summed E-state index contributed by atoms with van der Waals surface area (Å²) < 4.78 is 3.04. The first kappa shape index (κ1) is 17.7. The Kier molecular flexibility index (Phi) is 4.39. The number of hydrogen-bond acceptors (Lipinski definition) is 3. The summed E-state index contributed by atoms with van der Waals surface area (Å²) in [5, 5.41) is 0. The summed E-state index contributed by atoms with van der Waals surface area (Å²) >= 11 is 2.11. The number of carbonyl (C=O) groups is 2. The van der Waals surface area contributed by atoms with Gasteiger partial charge in [-0.2, -0.15) is 0 Å². The first-order valence-corrected chi connectivity index (χ1v) is 10.6. The molecule has 0 saturated heterocycles. The molecular formula is C21H26INO2. The van der Waals surface area contributed by atoms with Crippen molar-refractivity contribution in [3.8, 4) is 9.85 Å². The molecule has 3 fully saturated rings. The van der Waals surface area contributed by atoms with Crippen molar-refractivity contribution in [3.63, 3.8) is 0 Å². The lowest BCUT2D eigenvalue weighted by Crippen LogP contribution is -2.56. The summed E-state index contributed by atoms with van der Waals surface area (Å²) in [7, 11) is 0. The standard InChI is InChI=1S/C21H26INO2/c1-20-8-6-16-14(15(20)3-4-19(20)25)12-18(23)17-11-13(24)5-9-21(16,17)7-2-10-22/h11,14-16,18H,3-9,12,23H2,1H3/t14-,15-,16-,18-,20-,21+/m0/s1. The molecule has 4 heteroatoms. The Balaban J connectivity index is 1.78. The van der Waals surface area contributed by atoms with Crippen LogP contribution in [0.1, 0.15) is 58.3 Å². The Morgan fingerprint density at radius 2 is 2.04 bits per heavy atom. The Bertz CT molecular complexity index is 717. The van der Waals surface area contributed by atoms with Gasteiger partial charge in [-0.15, -0.1) is 0 Å². The van der Waals surface area contributed by atoms with Gasteiger partial charge in [0.15, 0.2) is 5.78 Å². The number of Topliss-reactive ketones (excluding diaryl/α,β-unsaturated/α-hetero) is 1. The van der Waals surface area contributed by atoms with Gasteiger partial charge in [-0.3, -0.25) is 9.59 Å². The second-order valence-corrected chi connectivity index (χ2v) is 9.35. The number of ketones is 2. The summed E-state index contributed by atoms with van der Waals surface area (Å²) in [6.07, 6.45) is 8.91. The van der Waals surface area contributed by atoms with Gasteiger partial charge in [-0.1, -0.05) is 12.8 Å². The smallest absolute Gasteiger partial charge is 0.155 e. The molecule has 0 aliphatic heterocycles. The van der Waals surface area contributed by atoms with Crippen LogP contribution in [0.2, 0.25) is 0 Å². The topological polar surface area (TPSA) is 60.2 Å². The van der Waals surface area contributed by atoms with Crippen LogP contribution in [0, 0.1) is 38.4 Å². The molecule has 0 radical (unpaired) electrons. The quantitative estimate of drug-likeness (QED) is 0.488. The highest BCUT2D eigenvalue weighted by Gasteiger charge is 2.61. The van der Waals surface area contributed by atoms with E-state index in [-0.39, 0.29) is 22.7 Å². The predicted molar refractivity (Wildman–Crippen MR) is 106 cm³/mol. The first-order chi connectivity index (χ1) is 11.9. The van der Waals surface area contributed by atoms with Crippen molar-refractivity contribution < 1.29 is 9.59 Å². The lowest BCUT2D eigenvalue weighted by atomic mass is 9.45. The molecule has 2 N–H and O–H groups in total. The highest BCUT2D eigenvalue weighted by atomic mass is 127. The Morgan fingerprint density at radius 1 is 1.24 bits per heavy atom. The van der Waals surface area contributed by atoms with Crippen molar-refractivity contribution in [1.82, 2.24) is 0 Å². The Hall–Kier alpha value is -0.670. The minimum absolute atomic E-state index is 0.0403. The van der Waals surface area contributed by atoms with E-state index in [0.29, 0.717) is 30.0 Å². The van der Waals surface area contributed by atoms with Crippen molar-refractivity contribution in [2.24, 2.45) is 34.3 Å². The van der Waals surface area contributed by atoms with Gasteiger partial charge in [0, 0.05) is 58.7 Å². The summed E-state index contributed by atoms with van der Waals surface area (Å²) in [5.74, 6) is 5.49. The maximum absolute atomic E-state index is 12.6. The molecule has 6 atom stereocenters. The van der Waals surface area contributed by atoms with Crippen LogP contribution < -0.4 is 5.73 Å². The molecule has 3 saturated carbocycles. The monoisotopic (exact) mass is 451 g/mol. The van der Waals surface area contributed by atoms with Crippen molar-refractivity contribution in [1.29, 1.82) is 0 Å². The molecule has 0 heterocycles. The van der Waals surface area contributed by atoms with Crippen molar-refractivity contribution in [2.75, 3.05) is 0 Å². The fourth-order valence-corrected chi connectivity index (χ4v) is 6.95. The van der Waals surface area contributed by atoms with Crippen LogP contribution in [0.5, 0.6) is 0 Å². The minimum Gasteiger partial charge on any atom is -0.324 e. The van der Waals surface area contributed by atoms with E-state index >= 15 is 0 Å². The molecule has 0 spiro atoms. The third kappa shape index (κ3) is 2.49. The minimum atomic E-state index is -0.136. The Labute approximate surface area is 163 Å². The van der Waals surface area contributed by atoms with Gasteiger partial charge in [0.25, 0.3) is 0 Å². The molecule has 4 aliphatic carbocycles. The molecule has 0 amide bonds. The highest BCUT2D eigenvalue weighted by molar-refractivity contribution is 14.1. The maximum Gasteiger partial charge on any atom is 0.155 e. The van der Waals surface area contributed by atoms with Crippen molar-refractivity contribution in [3.05, 3.63) is 11.6 Å². The summed E-state index contributed by atoms with van der Waals surface area (Å²) in [5.41, 5.74) is 7.61. The van der Waals surface area contributed by atoms with Crippen LogP contribution in [0.15, 0.2) is 11.6 Å². The lowest BCUT2D eigenvalue weighted by Gasteiger charge is -2.59. The van der Waals surface area contributed by atoms with Crippen LogP contribution in [0.25, 0.3) is 0 Å². The van der Waals surface area contributed by atoms with Gasteiger partial charge in [0.2, 0.25) is 0 Å². The van der Waals surface area contributed by atoms with Gasteiger partial charge in [-0.25, -0.2) is 0 Å². The van der Waals surface area contributed by atoms with E-state index in [1.807, 2.05) is 6.08 Å². The van der Waals surface area contributed by atoms with Gasteiger partial charge in [0.05, 0.1) is 0 Å². The first-order valence-electron chi connectivity index (χ1n) is 9.54. The fraction of sp³-hybridized carbons (Fsp3) is 0.714. The van der Waals surface area contributed by atoms with E-state index in [4.69, 9.17) is 5.73 Å². The number of carbonyl (C=O) groups excluding carboxylic acids is 2. The molecule has 4 rings (SSSR count). The zero-order valence-corrected chi connectivity index (χ0v) is 17.0. The second-order valence-electron chi connectivity index (χ2n) is 8.81. The summed E-state index contributed by atoms with van der Waals surface area (Å²) in [6, 6.07) is -0.0560. The van der Waals surface area contributed by atoms with Crippen LogP contribution in [0.3, 0.4) is 0 Å². The molecule has 3 nitrogen and oxygen atoms in total. The zero-order valence-electron chi connectivity index (χ0n) is 14.8. The van der Waals surface area contributed by atoms with Crippen LogP contribution in [0.4, 0.5) is 0 Å². The molecule has 25 heavy (non-hydrogen) atoms. The molecule has 0 aromatic carbocycles. The van der Waals surface area contributed by atoms with Crippen LogP contribution >= 0.6 is 22.6 Å². The molecule has 0 aromatic rings. The number of nitrogens with two attached hydrogens (primary N) is 1.